The van der Waals surface area contributed by atoms with Crippen LogP contribution in [0.3, 0.4) is 0 Å². The molecule has 0 amide bonds. The number of hydrogen-bond donors (Lipinski definition) is 4. The van der Waals surface area contributed by atoms with Gasteiger partial charge in [0.2, 0.25) is 11.7 Å². The molecule has 0 saturated carbocycles. The van der Waals surface area contributed by atoms with Gasteiger partial charge in [0.1, 0.15) is 24.1 Å². The average Bonchev–Trinajstić information content (AvgIpc) is 2.67. The van der Waals surface area contributed by atoms with E-state index in [0.717, 1.165) is 18.3 Å². The summed E-state index contributed by atoms with van der Waals surface area (Å²) in [6.07, 6.45) is -11.1. The maximum absolute atomic E-state index is 12.6. The Morgan fingerprint density at radius 3 is 2.10 bits per heavy atom. The minimum Gasteiger partial charge on any atom is -0.460 e. The molecule has 3 rings (SSSR count). The zero-order valence-electron chi connectivity index (χ0n) is 14.8. The SMILES string of the molecule is O=S(=O)(O)C1O[C@@H](Oc2ccc(-c3ccc(C(F)(F)F)cc3)nc2)[C@H](O)[C@@H](O)[C@@H]1O. The number of benzene rings is 1. The molecule has 9 nitrogen and oxygen atoms in total. The van der Waals surface area contributed by atoms with Gasteiger partial charge in [0.05, 0.1) is 17.5 Å². The summed E-state index contributed by atoms with van der Waals surface area (Å²) in [6.45, 7) is 0. The smallest absolute Gasteiger partial charge is 0.416 e. The number of hydrogen-bond acceptors (Lipinski definition) is 8. The summed E-state index contributed by atoms with van der Waals surface area (Å²) in [7, 11) is -4.93. The van der Waals surface area contributed by atoms with Crippen molar-refractivity contribution < 1.29 is 50.9 Å². The normalized spacial score (nSPS) is 27.6. The Hall–Kier alpha value is -2.29. The molecule has 30 heavy (non-hydrogen) atoms. The van der Waals surface area contributed by atoms with Crippen LogP contribution in [0.15, 0.2) is 42.6 Å². The number of alkyl halides is 3. The zero-order chi connectivity index (χ0) is 22.3. The Morgan fingerprint density at radius 2 is 1.60 bits per heavy atom. The van der Waals surface area contributed by atoms with Crippen LogP contribution in [-0.2, 0) is 21.0 Å². The van der Waals surface area contributed by atoms with Gasteiger partial charge in [-0.15, -0.1) is 0 Å². The highest BCUT2D eigenvalue weighted by Gasteiger charge is 2.50. The van der Waals surface area contributed by atoms with Gasteiger partial charge in [-0.2, -0.15) is 21.6 Å². The molecule has 1 saturated heterocycles. The molecule has 2 heterocycles. The Bertz CT molecular complexity index is 982. The fraction of sp³-hybridized carbons (Fsp3) is 0.353. The largest absolute Gasteiger partial charge is 0.460 e. The summed E-state index contributed by atoms with van der Waals surface area (Å²) >= 11 is 0. The van der Waals surface area contributed by atoms with Crippen molar-refractivity contribution in [3.63, 3.8) is 0 Å². The standard InChI is InChI=1S/C17H16F3NO8S/c18-17(19,20)9-3-1-8(2-4-9)11-6-5-10(7-21-11)28-15-13(23)12(22)14(24)16(29-15)30(25,26)27/h1-7,12-16,22-24H,(H,25,26,27)/t12-,13-,14+,15-,16?/m1/s1. The number of aliphatic hydroxyl groups is 3. The van der Waals surface area contributed by atoms with Crippen molar-refractivity contribution in [2.45, 2.75) is 36.2 Å². The van der Waals surface area contributed by atoms with E-state index in [9.17, 15) is 36.9 Å². The van der Waals surface area contributed by atoms with Crippen molar-refractivity contribution in [1.82, 2.24) is 4.98 Å². The van der Waals surface area contributed by atoms with Crippen molar-refractivity contribution in [2.75, 3.05) is 0 Å². The molecule has 1 aromatic heterocycles. The third kappa shape index (κ3) is 4.71. The van der Waals surface area contributed by atoms with Crippen LogP contribution in [0.2, 0.25) is 0 Å². The number of halogens is 3. The van der Waals surface area contributed by atoms with E-state index < -0.39 is 51.9 Å². The van der Waals surface area contributed by atoms with Gasteiger partial charge in [0.25, 0.3) is 10.1 Å². The first-order valence-electron chi connectivity index (χ1n) is 8.34. The molecule has 1 fully saturated rings. The molecule has 1 aliphatic rings. The lowest BCUT2D eigenvalue weighted by Gasteiger charge is -2.38. The van der Waals surface area contributed by atoms with E-state index in [1.165, 1.54) is 24.3 Å². The lowest BCUT2D eigenvalue weighted by Crippen LogP contribution is -2.61. The first-order valence-corrected chi connectivity index (χ1v) is 9.84. The molecular formula is C17H16F3NO8S. The topological polar surface area (TPSA) is 146 Å². The van der Waals surface area contributed by atoms with Gasteiger partial charge in [-0.1, -0.05) is 12.1 Å². The molecule has 0 aliphatic carbocycles. The van der Waals surface area contributed by atoms with E-state index in [4.69, 9.17) is 14.0 Å². The van der Waals surface area contributed by atoms with Crippen molar-refractivity contribution in [3.8, 4) is 17.0 Å². The third-order valence-corrected chi connectivity index (χ3v) is 5.29. The number of nitrogens with zero attached hydrogens (tertiary/aromatic N) is 1. The molecular weight excluding hydrogens is 435 g/mol. The zero-order valence-corrected chi connectivity index (χ0v) is 15.7. The van der Waals surface area contributed by atoms with E-state index in [2.05, 4.69) is 4.98 Å². The number of pyridine rings is 1. The third-order valence-electron chi connectivity index (χ3n) is 4.32. The first-order chi connectivity index (χ1) is 13.9. The maximum atomic E-state index is 12.6. The van der Waals surface area contributed by atoms with E-state index in [1.54, 1.807) is 0 Å². The average molecular weight is 451 g/mol. The van der Waals surface area contributed by atoms with Crippen molar-refractivity contribution in [2.24, 2.45) is 0 Å². The molecule has 5 atom stereocenters. The molecule has 164 valence electrons. The highest BCUT2D eigenvalue weighted by atomic mass is 32.2. The second kappa shape index (κ2) is 8.09. The van der Waals surface area contributed by atoms with E-state index in [1.807, 2.05) is 0 Å². The summed E-state index contributed by atoms with van der Waals surface area (Å²) in [6, 6.07) is 6.96. The van der Waals surface area contributed by atoms with Gasteiger partial charge in [-0.05, 0) is 24.3 Å². The summed E-state index contributed by atoms with van der Waals surface area (Å²) in [4.78, 5) is 4.01. The molecule has 13 heteroatoms. The molecule has 1 aromatic carbocycles. The van der Waals surface area contributed by atoms with E-state index in [0.29, 0.717) is 11.3 Å². The van der Waals surface area contributed by atoms with Crippen molar-refractivity contribution in [1.29, 1.82) is 0 Å². The van der Waals surface area contributed by atoms with Crippen LogP contribution < -0.4 is 4.74 Å². The lowest BCUT2D eigenvalue weighted by molar-refractivity contribution is -0.254. The van der Waals surface area contributed by atoms with Gasteiger partial charge in [-0.3, -0.25) is 9.54 Å². The van der Waals surface area contributed by atoms with Crippen molar-refractivity contribution in [3.05, 3.63) is 48.2 Å². The van der Waals surface area contributed by atoms with Crippen LogP contribution in [0.1, 0.15) is 5.56 Å². The van der Waals surface area contributed by atoms with Crippen molar-refractivity contribution >= 4 is 10.1 Å². The summed E-state index contributed by atoms with van der Waals surface area (Å²) in [5.41, 5.74) is -2.38. The Balaban J connectivity index is 1.75. The minimum absolute atomic E-state index is 0.0487. The highest BCUT2D eigenvalue weighted by Crippen LogP contribution is 2.31. The van der Waals surface area contributed by atoms with Gasteiger partial charge in [0, 0.05) is 5.56 Å². The van der Waals surface area contributed by atoms with E-state index in [-0.39, 0.29) is 5.75 Å². The molecule has 4 N–H and O–H groups in total. The van der Waals surface area contributed by atoms with Crippen LogP contribution in [0.4, 0.5) is 13.2 Å². The quantitative estimate of drug-likeness (QED) is 0.496. The Morgan fingerprint density at radius 1 is 0.967 bits per heavy atom. The van der Waals surface area contributed by atoms with Gasteiger partial charge >= 0.3 is 6.18 Å². The molecule has 1 unspecified atom stereocenters. The summed E-state index contributed by atoms with van der Waals surface area (Å²) in [5.74, 6) is -0.0487. The molecule has 2 aromatic rings. The number of rotatable bonds is 4. The molecule has 0 spiro atoms. The first kappa shape index (κ1) is 22.4. The maximum Gasteiger partial charge on any atom is 0.416 e. The molecule has 0 radical (unpaired) electrons. The van der Waals surface area contributed by atoms with Gasteiger partial charge in [0.15, 0.2) is 0 Å². The monoisotopic (exact) mass is 451 g/mol. The predicted molar refractivity (Wildman–Crippen MR) is 93.5 cm³/mol. The molecule has 0 bridgehead atoms. The Kier molecular flexibility index (Phi) is 6.04. The van der Waals surface area contributed by atoms with Crippen LogP contribution in [0, 0.1) is 0 Å². The summed E-state index contributed by atoms with van der Waals surface area (Å²) in [5, 5.41) is 29.3. The number of aliphatic hydroxyl groups excluding tert-OH is 3. The van der Waals surface area contributed by atoms with Crippen LogP contribution in [0.25, 0.3) is 11.3 Å². The molecule has 1 aliphatic heterocycles. The van der Waals surface area contributed by atoms with Gasteiger partial charge in [-0.25, -0.2) is 0 Å². The predicted octanol–water partition coefficient (Wildman–Crippen LogP) is 0.799. The fourth-order valence-corrected chi connectivity index (χ4v) is 3.51. The number of ether oxygens (including phenoxy) is 2. The van der Waals surface area contributed by atoms with Crippen LogP contribution >= 0.6 is 0 Å². The lowest BCUT2D eigenvalue weighted by atomic mass is 10.1. The van der Waals surface area contributed by atoms with Crippen LogP contribution in [-0.4, -0.2) is 63.3 Å². The highest BCUT2D eigenvalue weighted by molar-refractivity contribution is 7.86. The van der Waals surface area contributed by atoms with E-state index >= 15 is 0 Å². The summed E-state index contributed by atoms with van der Waals surface area (Å²) < 4.78 is 79.6. The number of aromatic nitrogens is 1. The second-order valence-corrected chi connectivity index (χ2v) is 7.93. The Labute approximate surface area is 168 Å². The second-order valence-electron chi connectivity index (χ2n) is 6.43. The fourth-order valence-electron chi connectivity index (χ4n) is 2.75. The van der Waals surface area contributed by atoms with Crippen LogP contribution in [0.5, 0.6) is 5.75 Å². The van der Waals surface area contributed by atoms with Gasteiger partial charge < -0.3 is 24.8 Å². The minimum atomic E-state index is -4.93.